The van der Waals surface area contributed by atoms with Crippen molar-refractivity contribution < 1.29 is 8.94 Å². The van der Waals surface area contributed by atoms with Crippen LogP contribution < -0.4 is 0 Å². The van der Waals surface area contributed by atoms with Gasteiger partial charge in [-0.1, -0.05) is 53.8 Å². The maximum absolute atomic E-state index is 5.62. The molecule has 0 aliphatic heterocycles. The Morgan fingerprint density at radius 1 is 1.00 bits per heavy atom. The zero-order chi connectivity index (χ0) is 17.8. The molecular formula is C18H13N5O2S. The first-order chi connectivity index (χ1) is 12.8. The molecule has 0 spiro atoms. The fraction of sp³-hybridized carbons (Fsp3) is 0.0556. The summed E-state index contributed by atoms with van der Waals surface area (Å²) < 4.78 is 10.9. The highest BCUT2D eigenvalue weighted by Crippen LogP contribution is 2.26. The summed E-state index contributed by atoms with van der Waals surface area (Å²) in [6.07, 6.45) is 5.13. The number of thioether (sulfide) groups is 1. The molecule has 0 amide bonds. The van der Waals surface area contributed by atoms with Gasteiger partial charge in [-0.2, -0.15) is 4.98 Å². The molecule has 8 heteroatoms. The van der Waals surface area contributed by atoms with Crippen LogP contribution in [-0.2, 0) is 5.75 Å². The summed E-state index contributed by atoms with van der Waals surface area (Å²) in [5.41, 5.74) is 2.74. The third-order valence-corrected chi connectivity index (χ3v) is 4.33. The molecule has 0 fully saturated rings. The van der Waals surface area contributed by atoms with E-state index in [1.807, 2.05) is 36.4 Å². The highest BCUT2D eigenvalue weighted by molar-refractivity contribution is 7.98. The van der Waals surface area contributed by atoms with Gasteiger partial charge in [-0.15, -0.1) is 10.2 Å². The molecule has 0 N–H and O–H groups in total. The number of hydrogen-bond acceptors (Lipinski definition) is 8. The van der Waals surface area contributed by atoms with Gasteiger partial charge in [0.25, 0.3) is 5.22 Å². The van der Waals surface area contributed by atoms with Crippen LogP contribution in [-0.4, -0.2) is 25.3 Å². The predicted molar refractivity (Wildman–Crippen MR) is 96.9 cm³/mol. The van der Waals surface area contributed by atoms with Gasteiger partial charge in [0, 0.05) is 23.5 Å². The summed E-state index contributed by atoms with van der Waals surface area (Å²) in [7, 11) is 0. The second-order valence-corrected chi connectivity index (χ2v) is 6.16. The van der Waals surface area contributed by atoms with E-state index in [9.17, 15) is 0 Å². The lowest BCUT2D eigenvalue weighted by molar-refractivity contribution is 0.391. The fourth-order valence-corrected chi connectivity index (χ4v) is 2.80. The minimum atomic E-state index is 0.437. The van der Waals surface area contributed by atoms with E-state index in [1.165, 1.54) is 11.8 Å². The van der Waals surface area contributed by atoms with E-state index in [-0.39, 0.29) is 0 Å². The zero-order valence-corrected chi connectivity index (χ0v) is 14.4. The maximum Gasteiger partial charge on any atom is 0.277 e. The Labute approximate surface area is 153 Å². The molecule has 4 aromatic rings. The van der Waals surface area contributed by atoms with Crippen molar-refractivity contribution in [3.05, 3.63) is 66.8 Å². The van der Waals surface area contributed by atoms with E-state index in [0.717, 1.165) is 16.7 Å². The summed E-state index contributed by atoms with van der Waals surface area (Å²) in [4.78, 5) is 8.36. The Kier molecular flexibility index (Phi) is 4.57. The quantitative estimate of drug-likeness (QED) is 0.473. The molecule has 7 nitrogen and oxygen atoms in total. The average molecular weight is 363 g/mol. The van der Waals surface area contributed by atoms with Crippen molar-refractivity contribution in [3.8, 4) is 22.8 Å². The second kappa shape index (κ2) is 7.32. The van der Waals surface area contributed by atoms with Gasteiger partial charge in [0.05, 0.1) is 5.75 Å². The highest BCUT2D eigenvalue weighted by atomic mass is 32.2. The number of benzene rings is 1. The molecule has 26 heavy (non-hydrogen) atoms. The lowest BCUT2D eigenvalue weighted by atomic mass is 10.1. The van der Waals surface area contributed by atoms with Gasteiger partial charge in [0.15, 0.2) is 0 Å². The molecule has 0 radical (unpaired) electrons. The van der Waals surface area contributed by atoms with Crippen LogP contribution >= 0.6 is 11.8 Å². The van der Waals surface area contributed by atoms with Crippen LogP contribution in [0, 0.1) is 0 Å². The molecule has 0 aliphatic carbocycles. The first-order valence-corrected chi connectivity index (χ1v) is 8.72. The summed E-state index contributed by atoms with van der Waals surface area (Å²) in [6.45, 7) is 3.74. The zero-order valence-electron chi connectivity index (χ0n) is 13.6. The van der Waals surface area contributed by atoms with Gasteiger partial charge in [-0.3, -0.25) is 4.98 Å². The van der Waals surface area contributed by atoms with E-state index in [1.54, 1.807) is 18.5 Å². The number of nitrogens with zero attached hydrogens (tertiary/aromatic N) is 5. The third-order valence-electron chi connectivity index (χ3n) is 3.53. The summed E-state index contributed by atoms with van der Waals surface area (Å²) in [6, 6.07) is 11.4. The molecule has 3 aromatic heterocycles. The Bertz CT molecular complexity index is 1010. The topological polar surface area (TPSA) is 90.7 Å². The summed E-state index contributed by atoms with van der Waals surface area (Å²) in [5.74, 6) is 1.92. The van der Waals surface area contributed by atoms with Crippen molar-refractivity contribution >= 4 is 17.8 Å². The molecule has 0 bridgehead atoms. The Balaban J connectivity index is 1.42. The number of rotatable bonds is 6. The summed E-state index contributed by atoms with van der Waals surface area (Å²) >= 11 is 1.34. The van der Waals surface area contributed by atoms with Gasteiger partial charge in [0.1, 0.15) is 0 Å². The minimum absolute atomic E-state index is 0.437. The average Bonchev–Trinajstić information content (AvgIpc) is 3.37. The van der Waals surface area contributed by atoms with E-state index in [0.29, 0.717) is 28.6 Å². The van der Waals surface area contributed by atoms with Crippen molar-refractivity contribution in [2.24, 2.45) is 0 Å². The molecule has 0 unspecified atom stereocenters. The first-order valence-electron chi connectivity index (χ1n) is 7.74. The van der Waals surface area contributed by atoms with Crippen LogP contribution in [0.25, 0.3) is 28.9 Å². The predicted octanol–water partition coefficient (Wildman–Crippen LogP) is 4.12. The van der Waals surface area contributed by atoms with Gasteiger partial charge in [-0.25, -0.2) is 0 Å². The van der Waals surface area contributed by atoms with Crippen molar-refractivity contribution in [1.29, 1.82) is 0 Å². The second-order valence-electron chi connectivity index (χ2n) is 5.24. The van der Waals surface area contributed by atoms with Crippen LogP contribution in [0.4, 0.5) is 0 Å². The van der Waals surface area contributed by atoms with Gasteiger partial charge in [0.2, 0.25) is 17.6 Å². The Morgan fingerprint density at radius 3 is 2.58 bits per heavy atom. The fourth-order valence-electron chi connectivity index (χ4n) is 2.20. The lowest BCUT2D eigenvalue weighted by Crippen LogP contribution is -1.83. The van der Waals surface area contributed by atoms with Gasteiger partial charge < -0.3 is 8.94 Å². The standard InChI is InChI=1S/C18H13N5O2S/c1-2-12-3-5-13(6-4-12)16-20-15(25-23-16)11-26-18-22-21-17(24-18)14-7-9-19-10-8-14/h2-10H,1,11H2. The van der Waals surface area contributed by atoms with E-state index in [4.69, 9.17) is 8.94 Å². The largest absolute Gasteiger partial charge is 0.411 e. The van der Waals surface area contributed by atoms with Crippen LogP contribution in [0.1, 0.15) is 11.5 Å². The van der Waals surface area contributed by atoms with Crippen molar-refractivity contribution in [2.45, 2.75) is 11.0 Å². The monoisotopic (exact) mass is 363 g/mol. The van der Waals surface area contributed by atoms with Crippen LogP contribution in [0.5, 0.6) is 0 Å². The maximum atomic E-state index is 5.62. The molecule has 1 aromatic carbocycles. The van der Waals surface area contributed by atoms with E-state index >= 15 is 0 Å². The Morgan fingerprint density at radius 2 is 1.81 bits per heavy atom. The smallest absolute Gasteiger partial charge is 0.277 e. The molecule has 0 saturated carbocycles. The van der Waals surface area contributed by atoms with Gasteiger partial charge in [-0.05, 0) is 17.7 Å². The van der Waals surface area contributed by atoms with E-state index in [2.05, 4.69) is 31.9 Å². The molecular weight excluding hydrogens is 350 g/mol. The summed E-state index contributed by atoms with van der Waals surface area (Å²) in [5, 5.41) is 12.5. The molecule has 0 atom stereocenters. The lowest BCUT2D eigenvalue weighted by Gasteiger charge is -1.95. The van der Waals surface area contributed by atoms with Crippen molar-refractivity contribution in [1.82, 2.24) is 25.3 Å². The van der Waals surface area contributed by atoms with Crippen LogP contribution in [0.2, 0.25) is 0 Å². The molecule has 0 saturated heterocycles. The minimum Gasteiger partial charge on any atom is -0.411 e. The van der Waals surface area contributed by atoms with Crippen molar-refractivity contribution in [2.75, 3.05) is 0 Å². The van der Waals surface area contributed by atoms with Gasteiger partial charge >= 0.3 is 0 Å². The highest BCUT2D eigenvalue weighted by Gasteiger charge is 2.13. The number of hydrogen-bond donors (Lipinski definition) is 0. The SMILES string of the molecule is C=Cc1ccc(-c2noc(CSc3nnc(-c4ccncc4)o3)n2)cc1. The number of aromatic nitrogens is 5. The molecule has 0 aliphatic rings. The normalized spacial score (nSPS) is 10.8. The third kappa shape index (κ3) is 3.55. The Hall–Kier alpha value is -3.26. The molecule has 128 valence electrons. The number of pyridine rings is 1. The first kappa shape index (κ1) is 16.2. The molecule has 3 heterocycles. The van der Waals surface area contributed by atoms with E-state index < -0.39 is 0 Å². The van der Waals surface area contributed by atoms with Crippen molar-refractivity contribution in [3.63, 3.8) is 0 Å². The van der Waals surface area contributed by atoms with Crippen LogP contribution in [0.15, 0.2) is 69.5 Å². The van der Waals surface area contributed by atoms with Crippen LogP contribution in [0.3, 0.4) is 0 Å². The molecule has 4 rings (SSSR count).